The van der Waals surface area contributed by atoms with E-state index in [4.69, 9.17) is 4.74 Å². The average Bonchev–Trinajstić information content (AvgIpc) is 2.51. The summed E-state index contributed by atoms with van der Waals surface area (Å²) in [6.07, 6.45) is -0.414. The fraction of sp³-hybridized carbons (Fsp3) is 0.375. The smallest absolute Gasteiger partial charge is 0.324 e. The van der Waals surface area contributed by atoms with E-state index in [-0.39, 0.29) is 19.4 Å². The number of esters is 2. The molecule has 0 unspecified atom stereocenters. The van der Waals surface area contributed by atoms with Gasteiger partial charge in [-0.1, -0.05) is 30.3 Å². The molecule has 0 fully saturated rings. The van der Waals surface area contributed by atoms with E-state index < -0.39 is 29.4 Å². The van der Waals surface area contributed by atoms with E-state index in [9.17, 15) is 19.2 Å². The maximum atomic E-state index is 11.9. The lowest BCUT2D eigenvalue weighted by molar-refractivity contribution is -0.156. The summed E-state index contributed by atoms with van der Waals surface area (Å²) in [6, 6.07) is 8.91. The quantitative estimate of drug-likeness (QED) is 0.410. The van der Waals surface area contributed by atoms with Gasteiger partial charge in [-0.2, -0.15) is 0 Å². The van der Waals surface area contributed by atoms with Crippen molar-refractivity contribution in [2.45, 2.75) is 26.4 Å². The summed E-state index contributed by atoms with van der Waals surface area (Å²) in [4.78, 5) is 46.4. The third-order valence-corrected chi connectivity index (χ3v) is 2.99. The van der Waals surface area contributed by atoms with Crippen LogP contribution in [0.3, 0.4) is 0 Å². The zero-order valence-electron chi connectivity index (χ0n) is 12.5. The van der Waals surface area contributed by atoms with Crippen molar-refractivity contribution < 1.29 is 28.7 Å². The SMILES string of the molecule is COC(=O)CCC(=O)[13C@@H](C(=O)OCc1ccccc1)[13C](C)=O. The number of ketones is 2. The monoisotopic (exact) mass is 308 g/mol. The second-order valence-corrected chi connectivity index (χ2v) is 4.68. The Morgan fingerprint density at radius 2 is 1.68 bits per heavy atom. The van der Waals surface area contributed by atoms with E-state index >= 15 is 0 Å². The van der Waals surface area contributed by atoms with Gasteiger partial charge in [0, 0.05) is 6.42 Å². The molecule has 22 heavy (non-hydrogen) atoms. The molecule has 0 aliphatic rings. The molecular formula is C16H18O6. The second kappa shape index (κ2) is 8.71. The van der Waals surface area contributed by atoms with Crippen LogP contribution in [0.15, 0.2) is 30.3 Å². The van der Waals surface area contributed by atoms with Crippen molar-refractivity contribution in [3.8, 4) is 0 Å². The van der Waals surface area contributed by atoms with Gasteiger partial charge in [0.2, 0.25) is 0 Å². The van der Waals surface area contributed by atoms with E-state index in [2.05, 4.69) is 4.74 Å². The van der Waals surface area contributed by atoms with Gasteiger partial charge in [-0.15, -0.1) is 0 Å². The fourth-order valence-electron chi connectivity index (χ4n) is 1.81. The van der Waals surface area contributed by atoms with Gasteiger partial charge >= 0.3 is 11.9 Å². The Morgan fingerprint density at radius 3 is 2.23 bits per heavy atom. The van der Waals surface area contributed by atoms with Gasteiger partial charge in [-0.3, -0.25) is 19.2 Å². The third kappa shape index (κ3) is 5.47. The van der Waals surface area contributed by atoms with Gasteiger partial charge in [-0.25, -0.2) is 0 Å². The predicted molar refractivity (Wildman–Crippen MR) is 76.7 cm³/mol. The molecule has 0 saturated carbocycles. The second-order valence-electron chi connectivity index (χ2n) is 4.68. The van der Waals surface area contributed by atoms with Crippen LogP contribution in [-0.2, 0) is 35.3 Å². The number of ether oxygens (including phenoxy) is 2. The number of benzene rings is 1. The third-order valence-electron chi connectivity index (χ3n) is 2.99. The molecular weight excluding hydrogens is 290 g/mol. The van der Waals surface area contributed by atoms with E-state index in [1.807, 2.05) is 6.07 Å². The Labute approximate surface area is 128 Å². The first-order chi connectivity index (χ1) is 10.5. The van der Waals surface area contributed by atoms with Gasteiger partial charge in [0.1, 0.15) is 6.61 Å². The van der Waals surface area contributed by atoms with Crippen molar-refractivity contribution in [3.63, 3.8) is 0 Å². The molecule has 0 aliphatic heterocycles. The van der Waals surface area contributed by atoms with E-state index in [0.29, 0.717) is 0 Å². The lowest BCUT2D eigenvalue weighted by atomic mass is 10.2. The molecule has 6 heteroatoms. The fourth-order valence-corrected chi connectivity index (χ4v) is 1.81. The minimum absolute atomic E-state index is 0.0201. The topological polar surface area (TPSA) is 86.7 Å². The Morgan fingerprint density at radius 1 is 1.05 bits per heavy atom. The number of methoxy groups -OCH3 is 1. The van der Waals surface area contributed by atoms with Crippen LogP contribution in [-0.4, -0.2) is 30.6 Å². The zero-order chi connectivity index (χ0) is 16.5. The van der Waals surface area contributed by atoms with Crippen LogP contribution in [0.2, 0.25) is 0 Å². The Kier molecular flexibility index (Phi) is 6.95. The summed E-state index contributed by atoms with van der Waals surface area (Å²) in [7, 11) is 1.20. The van der Waals surface area contributed by atoms with Crippen molar-refractivity contribution in [2.24, 2.45) is 5.92 Å². The van der Waals surface area contributed by atoms with Crippen LogP contribution >= 0.6 is 0 Å². The number of carbonyl (C=O) groups is 4. The Hall–Kier alpha value is -2.50. The van der Waals surface area contributed by atoms with Gasteiger partial charge in [0.05, 0.1) is 13.5 Å². The van der Waals surface area contributed by atoms with Crippen LogP contribution in [0, 0.1) is 5.92 Å². The van der Waals surface area contributed by atoms with Crippen molar-refractivity contribution in [1.29, 1.82) is 0 Å². The average molecular weight is 308 g/mol. The molecule has 0 aromatic heterocycles. The van der Waals surface area contributed by atoms with Crippen molar-refractivity contribution in [3.05, 3.63) is 35.9 Å². The largest absolute Gasteiger partial charge is 0.469 e. The van der Waals surface area contributed by atoms with E-state index in [1.165, 1.54) is 7.11 Å². The lowest BCUT2D eigenvalue weighted by Crippen LogP contribution is -2.32. The number of Topliss-reactive ketones (excluding diaryl/α,β-unsaturated/α-hetero) is 2. The molecule has 0 heterocycles. The van der Waals surface area contributed by atoms with Gasteiger partial charge in [0.15, 0.2) is 17.5 Å². The molecule has 6 nitrogen and oxygen atoms in total. The van der Waals surface area contributed by atoms with Crippen molar-refractivity contribution in [2.75, 3.05) is 7.11 Å². The van der Waals surface area contributed by atoms with Crippen LogP contribution in [0.5, 0.6) is 0 Å². The summed E-state index contributed by atoms with van der Waals surface area (Å²) in [5.74, 6) is -4.21. The molecule has 118 valence electrons. The molecule has 0 N–H and O–H groups in total. The van der Waals surface area contributed by atoms with Gasteiger partial charge in [0.25, 0.3) is 0 Å². The van der Waals surface area contributed by atoms with Crippen LogP contribution < -0.4 is 0 Å². The van der Waals surface area contributed by atoms with E-state index in [1.54, 1.807) is 24.3 Å². The summed E-state index contributed by atoms with van der Waals surface area (Å²) >= 11 is 0. The van der Waals surface area contributed by atoms with Gasteiger partial charge in [-0.05, 0) is 12.5 Å². The number of carbonyl (C=O) groups excluding carboxylic acids is 4. The van der Waals surface area contributed by atoms with Crippen LogP contribution in [0.1, 0.15) is 25.3 Å². The molecule has 1 atom stereocenters. The highest BCUT2D eigenvalue weighted by Gasteiger charge is 2.32. The Balaban J connectivity index is 2.61. The number of hydrogen-bond acceptors (Lipinski definition) is 6. The summed E-state index contributed by atoms with van der Waals surface area (Å²) in [5.41, 5.74) is 0.750. The first kappa shape index (κ1) is 17.6. The minimum atomic E-state index is -1.49. The standard InChI is InChI=1S/C16H18O6/c1-11(17)15(13(18)8-9-14(19)21-2)16(20)22-10-12-6-4-3-5-7-12/h3-7,15H,8-10H2,1-2H3/t15-/m0/s1/i11+1,15+1. The van der Waals surface area contributed by atoms with Crippen molar-refractivity contribution in [1.82, 2.24) is 0 Å². The van der Waals surface area contributed by atoms with Crippen molar-refractivity contribution >= 4 is 23.5 Å². The maximum absolute atomic E-state index is 11.9. The molecule has 0 spiro atoms. The summed E-state index contributed by atoms with van der Waals surface area (Å²) < 4.78 is 9.42. The molecule has 0 aliphatic carbocycles. The highest BCUT2D eigenvalue weighted by atomic mass is 16.5. The summed E-state index contributed by atoms with van der Waals surface area (Å²) in [5, 5.41) is 0. The van der Waals surface area contributed by atoms with Gasteiger partial charge < -0.3 is 9.47 Å². The minimum Gasteiger partial charge on any atom is -0.469 e. The molecule has 0 saturated heterocycles. The molecule has 0 amide bonds. The highest BCUT2D eigenvalue weighted by Crippen LogP contribution is 2.11. The molecule has 0 radical (unpaired) electrons. The number of hydrogen-bond donors (Lipinski definition) is 0. The Bertz CT molecular complexity index is 549. The predicted octanol–water partition coefficient (Wildman–Crippen LogP) is 1.46. The molecule has 1 rings (SSSR count). The normalized spacial score (nSPS) is 11.4. The molecule has 1 aromatic carbocycles. The van der Waals surface area contributed by atoms with Crippen LogP contribution in [0.25, 0.3) is 0 Å². The van der Waals surface area contributed by atoms with E-state index in [0.717, 1.165) is 12.5 Å². The first-order valence-corrected chi connectivity index (χ1v) is 6.76. The first-order valence-electron chi connectivity index (χ1n) is 6.76. The number of rotatable bonds is 8. The highest BCUT2D eigenvalue weighted by molar-refractivity contribution is 6.16. The summed E-state index contributed by atoms with van der Waals surface area (Å²) in [6.45, 7) is 1.12. The maximum Gasteiger partial charge on any atom is 0.324 e. The van der Waals surface area contributed by atoms with Crippen LogP contribution in [0.4, 0.5) is 0 Å². The molecule has 0 bridgehead atoms. The zero-order valence-corrected chi connectivity index (χ0v) is 12.5. The lowest BCUT2D eigenvalue weighted by Gasteiger charge is -2.12. The molecule has 1 aromatic rings.